The summed E-state index contributed by atoms with van der Waals surface area (Å²) in [6.45, 7) is 2.03. The SMILES string of the molecule is N#CC(NCCO)C1CCCOC1. The van der Waals surface area contributed by atoms with E-state index in [1.54, 1.807) is 0 Å². The second-order valence-corrected chi connectivity index (χ2v) is 3.26. The average molecular weight is 184 g/mol. The molecule has 1 fully saturated rings. The van der Waals surface area contributed by atoms with E-state index < -0.39 is 0 Å². The molecule has 1 saturated heterocycles. The number of nitrogens with zero attached hydrogens (tertiary/aromatic N) is 1. The summed E-state index contributed by atoms with van der Waals surface area (Å²) in [5, 5.41) is 20.5. The topological polar surface area (TPSA) is 65.3 Å². The second kappa shape index (κ2) is 5.92. The highest BCUT2D eigenvalue weighted by Gasteiger charge is 2.23. The van der Waals surface area contributed by atoms with Crippen molar-refractivity contribution in [2.45, 2.75) is 18.9 Å². The molecule has 1 rings (SSSR count). The van der Waals surface area contributed by atoms with Crippen molar-refractivity contribution in [2.75, 3.05) is 26.4 Å². The van der Waals surface area contributed by atoms with Crippen molar-refractivity contribution in [3.8, 4) is 6.07 Å². The molecule has 0 aromatic carbocycles. The van der Waals surface area contributed by atoms with Gasteiger partial charge in [-0.15, -0.1) is 0 Å². The Balaban J connectivity index is 2.31. The lowest BCUT2D eigenvalue weighted by atomic mass is 9.95. The summed E-state index contributed by atoms with van der Waals surface area (Å²) >= 11 is 0. The first-order valence-corrected chi connectivity index (χ1v) is 4.70. The Morgan fingerprint density at radius 3 is 3.08 bits per heavy atom. The van der Waals surface area contributed by atoms with Gasteiger partial charge in [-0.3, -0.25) is 5.32 Å². The fraction of sp³-hybridized carbons (Fsp3) is 0.889. The van der Waals surface area contributed by atoms with Gasteiger partial charge in [0, 0.05) is 19.1 Å². The Labute approximate surface area is 78.5 Å². The molecular formula is C9H16N2O2. The van der Waals surface area contributed by atoms with Crippen LogP contribution in [0, 0.1) is 17.2 Å². The number of nitriles is 1. The summed E-state index contributed by atoms with van der Waals surface area (Å²) in [6, 6.07) is 2.03. The molecule has 1 aliphatic rings. The molecule has 0 bridgehead atoms. The Morgan fingerprint density at radius 2 is 2.54 bits per heavy atom. The van der Waals surface area contributed by atoms with Crippen molar-refractivity contribution in [3.05, 3.63) is 0 Å². The highest BCUT2D eigenvalue weighted by molar-refractivity contribution is 4.95. The first-order valence-electron chi connectivity index (χ1n) is 4.70. The molecule has 0 radical (unpaired) electrons. The lowest BCUT2D eigenvalue weighted by Gasteiger charge is -2.26. The number of ether oxygens (including phenoxy) is 1. The van der Waals surface area contributed by atoms with E-state index in [0.717, 1.165) is 19.4 Å². The first kappa shape index (κ1) is 10.5. The van der Waals surface area contributed by atoms with Gasteiger partial charge in [-0.2, -0.15) is 5.26 Å². The second-order valence-electron chi connectivity index (χ2n) is 3.26. The maximum absolute atomic E-state index is 8.86. The molecule has 0 saturated carbocycles. The highest BCUT2D eigenvalue weighted by atomic mass is 16.5. The molecule has 2 unspecified atom stereocenters. The smallest absolute Gasteiger partial charge is 0.100 e. The van der Waals surface area contributed by atoms with E-state index in [1.807, 2.05) is 0 Å². The van der Waals surface area contributed by atoms with Crippen LogP contribution in [0.25, 0.3) is 0 Å². The van der Waals surface area contributed by atoms with Gasteiger partial charge < -0.3 is 9.84 Å². The van der Waals surface area contributed by atoms with Gasteiger partial charge in [0.25, 0.3) is 0 Å². The highest BCUT2D eigenvalue weighted by Crippen LogP contribution is 2.16. The van der Waals surface area contributed by atoms with E-state index >= 15 is 0 Å². The van der Waals surface area contributed by atoms with E-state index in [0.29, 0.717) is 13.2 Å². The van der Waals surface area contributed by atoms with Crippen molar-refractivity contribution in [1.82, 2.24) is 5.32 Å². The zero-order chi connectivity index (χ0) is 9.52. The summed E-state index contributed by atoms with van der Waals surface area (Å²) in [5.74, 6) is 0.283. The lowest BCUT2D eigenvalue weighted by molar-refractivity contribution is 0.0462. The maximum Gasteiger partial charge on any atom is 0.100 e. The predicted molar refractivity (Wildman–Crippen MR) is 48.0 cm³/mol. The van der Waals surface area contributed by atoms with Crippen LogP contribution < -0.4 is 5.32 Å². The minimum Gasteiger partial charge on any atom is -0.395 e. The summed E-state index contributed by atoms with van der Waals surface area (Å²) < 4.78 is 5.29. The molecule has 0 aliphatic carbocycles. The molecule has 74 valence electrons. The molecule has 2 atom stereocenters. The van der Waals surface area contributed by atoms with Gasteiger partial charge in [-0.1, -0.05) is 0 Å². The fourth-order valence-electron chi connectivity index (χ4n) is 1.57. The minimum atomic E-state index is -0.174. The quantitative estimate of drug-likeness (QED) is 0.639. The molecule has 13 heavy (non-hydrogen) atoms. The summed E-state index contributed by atoms with van der Waals surface area (Å²) in [4.78, 5) is 0. The third-order valence-electron chi connectivity index (χ3n) is 2.28. The number of aliphatic hydroxyl groups is 1. The van der Waals surface area contributed by atoms with Crippen molar-refractivity contribution in [3.63, 3.8) is 0 Å². The monoisotopic (exact) mass is 184 g/mol. The van der Waals surface area contributed by atoms with Gasteiger partial charge in [-0.25, -0.2) is 0 Å². The van der Waals surface area contributed by atoms with Crippen LogP contribution in [-0.4, -0.2) is 37.5 Å². The molecule has 1 heterocycles. The van der Waals surface area contributed by atoms with Crippen LogP contribution in [0.2, 0.25) is 0 Å². The van der Waals surface area contributed by atoms with Gasteiger partial charge in [0.05, 0.1) is 19.3 Å². The third kappa shape index (κ3) is 3.31. The predicted octanol–water partition coefficient (Wildman–Crippen LogP) is -0.113. The normalized spacial score (nSPS) is 25.1. The average Bonchev–Trinajstić information content (AvgIpc) is 2.21. The third-order valence-corrected chi connectivity index (χ3v) is 2.28. The number of nitrogens with one attached hydrogen (secondary N) is 1. The summed E-state index contributed by atoms with van der Waals surface area (Å²) in [7, 11) is 0. The Hall–Kier alpha value is -0.630. The van der Waals surface area contributed by atoms with E-state index in [2.05, 4.69) is 11.4 Å². The molecule has 4 heteroatoms. The first-order chi connectivity index (χ1) is 6.38. The molecule has 0 amide bonds. The van der Waals surface area contributed by atoms with Gasteiger partial charge in [-0.05, 0) is 12.8 Å². The zero-order valence-electron chi connectivity index (χ0n) is 7.70. The van der Waals surface area contributed by atoms with Crippen LogP contribution in [0.3, 0.4) is 0 Å². The van der Waals surface area contributed by atoms with Gasteiger partial charge in [0.2, 0.25) is 0 Å². The van der Waals surface area contributed by atoms with E-state index in [1.165, 1.54) is 0 Å². The Morgan fingerprint density at radius 1 is 1.69 bits per heavy atom. The molecule has 0 aromatic heterocycles. The Bertz CT molecular complexity index is 173. The van der Waals surface area contributed by atoms with E-state index in [4.69, 9.17) is 15.1 Å². The molecule has 2 N–H and O–H groups in total. The number of rotatable bonds is 4. The van der Waals surface area contributed by atoms with E-state index in [9.17, 15) is 0 Å². The van der Waals surface area contributed by atoms with Crippen molar-refractivity contribution in [1.29, 1.82) is 5.26 Å². The van der Waals surface area contributed by atoms with E-state index in [-0.39, 0.29) is 18.6 Å². The maximum atomic E-state index is 8.86. The molecule has 0 aromatic rings. The molecule has 1 aliphatic heterocycles. The van der Waals surface area contributed by atoms with Crippen LogP contribution in [0.5, 0.6) is 0 Å². The number of hydrogen-bond donors (Lipinski definition) is 2. The van der Waals surface area contributed by atoms with Gasteiger partial charge >= 0.3 is 0 Å². The Kier molecular flexibility index (Phi) is 4.76. The van der Waals surface area contributed by atoms with Crippen LogP contribution in [-0.2, 0) is 4.74 Å². The van der Waals surface area contributed by atoms with Crippen molar-refractivity contribution in [2.24, 2.45) is 5.92 Å². The molecular weight excluding hydrogens is 168 g/mol. The fourth-order valence-corrected chi connectivity index (χ4v) is 1.57. The van der Waals surface area contributed by atoms with Crippen molar-refractivity contribution >= 4 is 0 Å². The largest absolute Gasteiger partial charge is 0.395 e. The number of hydrogen-bond acceptors (Lipinski definition) is 4. The van der Waals surface area contributed by atoms with Crippen LogP contribution in [0.1, 0.15) is 12.8 Å². The summed E-state index contributed by atoms with van der Waals surface area (Å²) in [5.41, 5.74) is 0. The minimum absolute atomic E-state index is 0.0752. The standard InChI is InChI=1S/C9H16N2O2/c10-6-9(11-3-4-12)8-2-1-5-13-7-8/h8-9,11-12H,1-5,7H2. The molecule has 0 spiro atoms. The summed E-state index contributed by atoms with van der Waals surface area (Å²) in [6.07, 6.45) is 2.07. The number of aliphatic hydroxyl groups excluding tert-OH is 1. The zero-order valence-corrected chi connectivity index (χ0v) is 7.70. The van der Waals surface area contributed by atoms with Gasteiger partial charge in [0.1, 0.15) is 6.04 Å². The molecule has 4 nitrogen and oxygen atoms in total. The van der Waals surface area contributed by atoms with Crippen LogP contribution in [0.15, 0.2) is 0 Å². The van der Waals surface area contributed by atoms with Crippen LogP contribution in [0.4, 0.5) is 0 Å². The van der Waals surface area contributed by atoms with Gasteiger partial charge in [0.15, 0.2) is 0 Å². The van der Waals surface area contributed by atoms with Crippen LogP contribution >= 0.6 is 0 Å². The van der Waals surface area contributed by atoms with Crippen molar-refractivity contribution < 1.29 is 9.84 Å². The lowest BCUT2D eigenvalue weighted by Crippen LogP contribution is -2.40.